The quantitative estimate of drug-likeness (QED) is 0.0117. The third-order valence-electron chi connectivity index (χ3n) is 18.5. The molecular formula is C73H97IN6O24S3. The zero-order valence-corrected chi connectivity index (χ0v) is 66.7. The number of carbonyl (C=O) groups excluding carboxylic acids is 6. The highest BCUT2D eigenvalue weighted by Crippen LogP contribution is 2.49. The number of likely N-dealkylation sites (N-methyl/N-ethyl adjacent to an activating group) is 1. The summed E-state index contributed by atoms with van der Waals surface area (Å²) in [5, 5.41) is 52.0. The molecule has 4 fully saturated rings. The van der Waals surface area contributed by atoms with Crippen LogP contribution in [0.25, 0.3) is 0 Å². The van der Waals surface area contributed by atoms with E-state index in [2.05, 4.69) is 45.0 Å². The van der Waals surface area contributed by atoms with Crippen molar-refractivity contribution < 1.29 is 116 Å². The molecule has 0 radical (unpaired) electrons. The predicted octanol–water partition coefficient (Wildman–Crippen LogP) is 5.42. The van der Waals surface area contributed by atoms with E-state index in [1.165, 1.54) is 69.1 Å². The van der Waals surface area contributed by atoms with Crippen LogP contribution in [-0.2, 0) is 66.6 Å². The number of primary amides is 1. The second-order valence-corrected chi connectivity index (χ2v) is 31.8. The molecule has 0 unspecified atom stereocenters. The number of benzene rings is 2. The van der Waals surface area contributed by atoms with E-state index in [0.29, 0.717) is 45.7 Å². The summed E-state index contributed by atoms with van der Waals surface area (Å²) in [7, 11) is 9.56. The number of ketones is 1. The van der Waals surface area contributed by atoms with Crippen molar-refractivity contribution in [1.82, 2.24) is 21.1 Å². The van der Waals surface area contributed by atoms with Gasteiger partial charge < -0.3 is 92.6 Å². The predicted molar refractivity (Wildman–Crippen MR) is 403 cm³/mol. The number of halogens is 1. The standard InChI is InChI=1S/C73H97IN6O24S3/c1-15-80(41(7)81)46-35-97-53(33-50(46)91-10)102-66-61(87)58(79-104-54-32-48(83)68(40(6)98-54)106-69(89)55-36(2)57(74)64(67(94-13)63(55)92-11)103-70-62(88)65(93-12)60(86)39(5)100-70)38(4)99-71(66)101-49-22-19-17-16-18-21-43-31-47(82)59(76-72(90)95-14)56(49)45(43)28-30-105-107-73(8,9)34-52(85)78-77-37(3)42-24-26-44(27-25-42)96-29-20-23-51(75)84/h16-17,24-28,38-40,43,46,48-50,53-54,58,60-62,65-66,68,70-71,79,83,86-88H,15,20,23,29-35H2,1-14H3,(H2,75,84)(H,76,90)(H,78,85)/b17-16-,45-28-,77-37+/t38-,39+,40-,43-,46+,48+,49-,50+,53+,54+,58-,60+,61+,62-,65-,66-,68-,70+,71+/m1/s1. The molecule has 0 spiro atoms. The van der Waals surface area contributed by atoms with Crippen LogP contribution in [0.15, 0.2) is 64.4 Å². The number of nitrogens with one attached hydrogen (secondary N) is 3. The molecule has 0 aromatic heterocycles. The number of fused-ring (bicyclic) bond motifs is 2. The number of aliphatic hydroxyl groups excluding tert-OH is 4. The monoisotopic (exact) mass is 1660 g/mol. The molecule has 4 amide bonds. The number of amides is 4. The molecule has 2 aromatic rings. The smallest absolute Gasteiger partial charge is 0.411 e. The van der Waals surface area contributed by atoms with Gasteiger partial charge in [-0.25, -0.2) is 10.2 Å². The maximum Gasteiger partial charge on any atom is 0.411 e. The van der Waals surface area contributed by atoms with E-state index >= 15 is 0 Å². The van der Waals surface area contributed by atoms with Gasteiger partial charge in [0.15, 0.2) is 36.2 Å². The lowest BCUT2D eigenvalue weighted by Crippen LogP contribution is -2.65. The van der Waals surface area contributed by atoms with E-state index in [-0.39, 0.29) is 90.4 Å². The Morgan fingerprint density at radius 2 is 1.55 bits per heavy atom. The molecule has 6 aliphatic rings. The highest BCUT2D eigenvalue weighted by atomic mass is 127. The number of hydrogen-bond acceptors (Lipinski definition) is 29. The Hall–Kier alpha value is -6.11. The number of carbonyl (C=O) groups is 6. The number of thioether (sulfide) groups is 1. The van der Waals surface area contributed by atoms with Gasteiger partial charge in [0.05, 0.1) is 109 Å². The number of ether oxygens (including phenoxy) is 13. The summed E-state index contributed by atoms with van der Waals surface area (Å²) in [6.45, 7) is 16.1. The van der Waals surface area contributed by atoms with Gasteiger partial charge in [-0.2, -0.15) is 10.6 Å². The van der Waals surface area contributed by atoms with Crippen molar-refractivity contribution in [3.05, 3.63) is 79.6 Å². The maximum absolute atomic E-state index is 14.6. The summed E-state index contributed by atoms with van der Waals surface area (Å²) in [5.41, 5.74) is 13.1. The molecule has 19 atom stereocenters. The Kier molecular flexibility index (Phi) is 32.5. The van der Waals surface area contributed by atoms with Crippen LogP contribution in [0.2, 0.25) is 0 Å². The highest BCUT2D eigenvalue weighted by Gasteiger charge is 2.51. The molecule has 2 bridgehead atoms. The van der Waals surface area contributed by atoms with Crippen molar-refractivity contribution in [3.8, 4) is 46.7 Å². The minimum atomic E-state index is -1.60. The first-order chi connectivity index (χ1) is 51.0. The summed E-state index contributed by atoms with van der Waals surface area (Å²) < 4.78 is 78.5. The zero-order chi connectivity index (χ0) is 78.1. The van der Waals surface area contributed by atoms with Crippen molar-refractivity contribution in [2.75, 3.05) is 61.1 Å². The van der Waals surface area contributed by atoms with E-state index in [1.807, 2.05) is 61.6 Å². The third-order valence-corrected chi connectivity index (χ3v) is 24.4. The van der Waals surface area contributed by atoms with Crippen molar-refractivity contribution in [1.29, 1.82) is 0 Å². The summed E-state index contributed by atoms with van der Waals surface area (Å²) in [6.07, 6.45) is -13.4. The first-order valence-corrected chi connectivity index (χ1v) is 39.1. The number of alkyl carbamates (subject to hydrolysis) is 1. The van der Waals surface area contributed by atoms with Gasteiger partial charge in [0.1, 0.15) is 42.4 Å². The second kappa shape index (κ2) is 40.2. The lowest BCUT2D eigenvalue weighted by molar-refractivity contribution is -0.337. The average molecular weight is 1670 g/mol. The van der Waals surface area contributed by atoms with Crippen LogP contribution >= 0.6 is 55.9 Å². The van der Waals surface area contributed by atoms with Gasteiger partial charge in [0, 0.05) is 75.9 Å². The number of hydrogen-bond donors (Lipinski definition) is 8. The number of nitrogens with two attached hydrogens (primary N) is 1. The minimum Gasteiger partial charge on any atom is -0.494 e. The van der Waals surface area contributed by atoms with Gasteiger partial charge in [-0.15, -0.1) is 0 Å². The molecule has 2 aromatic carbocycles. The van der Waals surface area contributed by atoms with Crippen LogP contribution in [0.4, 0.5) is 4.79 Å². The lowest BCUT2D eigenvalue weighted by Gasteiger charge is -2.47. The van der Waals surface area contributed by atoms with E-state index < -0.39 is 143 Å². The number of aliphatic hydroxyl groups is 4. The molecular weight excluding hydrogens is 1570 g/mol. The van der Waals surface area contributed by atoms with Crippen LogP contribution in [0.3, 0.4) is 0 Å². The molecule has 9 N–H and O–H groups in total. The molecule has 4 aliphatic heterocycles. The second-order valence-electron chi connectivity index (χ2n) is 26.5. The Bertz CT molecular complexity index is 3740. The van der Waals surface area contributed by atoms with Crippen LogP contribution < -0.4 is 40.9 Å². The maximum atomic E-state index is 14.6. The first-order valence-electron chi connectivity index (χ1n) is 34.8. The van der Waals surface area contributed by atoms with Crippen LogP contribution in [0, 0.1) is 40.1 Å². The lowest BCUT2D eigenvalue weighted by atomic mass is 9.78. The van der Waals surface area contributed by atoms with Gasteiger partial charge in [0.2, 0.25) is 34.9 Å². The normalized spacial score (nSPS) is 30.2. The molecule has 588 valence electrons. The molecule has 30 nitrogen and oxygen atoms in total. The van der Waals surface area contributed by atoms with Gasteiger partial charge in [-0.3, -0.25) is 34.1 Å². The number of methoxy groups -OCH3 is 5. The van der Waals surface area contributed by atoms with Crippen LogP contribution in [-0.4, -0.2) is 241 Å². The van der Waals surface area contributed by atoms with E-state index in [9.17, 15) is 49.2 Å². The zero-order valence-electron chi connectivity index (χ0n) is 62.1. The van der Waals surface area contributed by atoms with E-state index in [0.717, 1.165) is 24.4 Å². The van der Waals surface area contributed by atoms with E-state index in [1.54, 1.807) is 51.7 Å². The molecule has 4 heterocycles. The SMILES string of the molecule is CCN(C(C)=O)[C@H]1CO[C@@H](O[C@H]2[C@H](O[C@@H]3C#C/C=C\C#C[C@@H]4CC(=O)C(NC(=O)OC)=C3/C4=C\CSSC(C)(C)CC(=O)N/N=C(\C)c3ccc(OCCCC(N)=O)cc3)O[C@H](C)[C@@H](NO[C@H]3C[C@H](O)[C@H](SC(=O)c4c(C)c(I)c(O[C@@H]5O[C@@H](C)[C@H](O)[C@@H](OC)[C@H]5O)c(OC)c4OC)[C@@H](C)O3)[C@@H]2O)C[C@@H]1OC. The van der Waals surface area contributed by atoms with Crippen LogP contribution in [0.5, 0.6) is 23.0 Å². The number of rotatable bonds is 31. The molecule has 8 rings (SSSR count). The first kappa shape index (κ1) is 86.5. The highest BCUT2D eigenvalue weighted by molar-refractivity contribution is 14.1. The summed E-state index contributed by atoms with van der Waals surface area (Å²) in [6, 6.07) is 5.50. The number of hydrazone groups is 1. The Labute approximate surface area is 648 Å². The fourth-order valence-electron chi connectivity index (χ4n) is 13.0. The largest absolute Gasteiger partial charge is 0.494 e. The molecule has 34 heteroatoms. The van der Waals surface area contributed by atoms with Gasteiger partial charge >= 0.3 is 6.09 Å². The molecule has 107 heavy (non-hydrogen) atoms. The Morgan fingerprint density at radius 1 is 0.850 bits per heavy atom. The third kappa shape index (κ3) is 22.1. The fraction of sp³-hybridized carbons (Fsp3) is 0.603. The van der Waals surface area contributed by atoms with Crippen molar-refractivity contribution in [2.24, 2.45) is 16.8 Å². The minimum absolute atomic E-state index is 0.00721. The van der Waals surface area contributed by atoms with Gasteiger partial charge in [-0.1, -0.05) is 63.1 Å². The van der Waals surface area contributed by atoms with Crippen molar-refractivity contribution in [2.45, 2.75) is 215 Å². The van der Waals surface area contributed by atoms with Gasteiger partial charge in [-0.05, 0) is 138 Å². The molecule has 0 saturated carbocycles. The Morgan fingerprint density at radius 3 is 2.20 bits per heavy atom. The molecule has 2 aliphatic carbocycles. The summed E-state index contributed by atoms with van der Waals surface area (Å²) in [4.78, 5) is 87.5. The van der Waals surface area contributed by atoms with Crippen LogP contribution in [0.1, 0.15) is 115 Å². The van der Waals surface area contributed by atoms with Gasteiger partial charge in [0.25, 0.3) is 0 Å². The molecule has 4 saturated heterocycles. The number of Topliss-reactive ketones (excluding diaryl/α,β-unsaturated/α-hetero) is 1. The summed E-state index contributed by atoms with van der Waals surface area (Å²) in [5.74, 6) is 11.0. The topological polar surface area (TPSA) is 390 Å². The fourth-order valence-corrected chi connectivity index (χ4v) is 17.1. The Balaban J connectivity index is 1.01. The van der Waals surface area contributed by atoms with Crippen molar-refractivity contribution in [3.63, 3.8) is 0 Å². The number of allylic oxidation sites excluding steroid dienone is 3. The summed E-state index contributed by atoms with van der Waals surface area (Å²) >= 11 is 2.80. The number of hydroxylamine groups is 1. The van der Waals surface area contributed by atoms with Crippen molar-refractivity contribution >= 4 is 96.4 Å². The average Bonchev–Trinajstić information content (AvgIpc) is 0.766. The number of nitrogens with zero attached hydrogens (tertiary/aromatic N) is 2. The van der Waals surface area contributed by atoms with E-state index in [4.69, 9.17) is 72.2 Å².